The molecule has 0 aliphatic carbocycles. The summed E-state index contributed by atoms with van der Waals surface area (Å²) in [5.41, 5.74) is 2.76. The van der Waals surface area contributed by atoms with Gasteiger partial charge in [-0.3, -0.25) is 15.1 Å². The van der Waals surface area contributed by atoms with E-state index in [1.807, 2.05) is 51.1 Å². The summed E-state index contributed by atoms with van der Waals surface area (Å²) in [6.07, 6.45) is 1.08. The number of nitrogens with zero attached hydrogens (tertiary/aromatic N) is 3. The lowest BCUT2D eigenvalue weighted by atomic mass is 10.1. The number of rotatable bonds is 3. The van der Waals surface area contributed by atoms with Gasteiger partial charge in [-0.15, -0.1) is 0 Å². The average molecular weight is 501 g/mol. The van der Waals surface area contributed by atoms with Gasteiger partial charge in [0.15, 0.2) is 5.17 Å². The normalized spacial score (nSPS) is 19.9. The minimum atomic E-state index is -0.538. The van der Waals surface area contributed by atoms with Crippen LogP contribution in [0.3, 0.4) is 0 Å². The smallest absolute Gasteiger partial charge is 0.410 e. The van der Waals surface area contributed by atoms with Crippen LogP contribution in [-0.4, -0.2) is 50.5 Å². The second-order valence-electron chi connectivity index (χ2n) is 9.57. The maximum atomic E-state index is 12.9. The quantitative estimate of drug-likeness (QED) is 0.650. The van der Waals surface area contributed by atoms with Crippen LogP contribution < -0.4 is 5.32 Å². The lowest BCUT2D eigenvalue weighted by Gasteiger charge is -2.30. The molecule has 0 saturated heterocycles. The van der Waals surface area contributed by atoms with Crippen LogP contribution in [-0.2, 0) is 24.1 Å². The van der Waals surface area contributed by atoms with Crippen LogP contribution in [0.2, 0.25) is 5.02 Å². The number of benzene rings is 1. The van der Waals surface area contributed by atoms with Crippen LogP contribution in [0.25, 0.3) is 0 Å². The van der Waals surface area contributed by atoms with Gasteiger partial charge in [0.2, 0.25) is 0 Å². The number of hydrogen-bond donors (Lipinski definition) is 1. The van der Waals surface area contributed by atoms with Gasteiger partial charge < -0.3 is 9.64 Å². The first kappa shape index (κ1) is 24.5. The monoisotopic (exact) mass is 500 g/mol. The molecule has 3 heterocycles. The molecule has 34 heavy (non-hydrogen) atoms. The number of hydrogen-bond acceptors (Lipinski definition) is 6. The molecule has 0 fully saturated rings. The number of nitrogens with one attached hydrogen (secondary N) is 1. The van der Waals surface area contributed by atoms with Crippen molar-refractivity contribution in [3.8, 4) is 0 Å². The summed E-state index contributed by atoms with van der Waals surface area (Å²) in [6, 6.07) is 11.5. The average Bonchev–Trinajstić information content (AvgIpc) is 3.11. The molecule has 4 rings (SSSR count). The molecule has 0 bridgehead atoms. The Labute approximate surface area is 209 Å². The van der Waals surface area contributed by atoms with Crippen molar-refractivity contribution in [2.45, 2.75) is 64.0 Å². The molecular formula is C25H29ClN4O3S. The van der Waals surface area contributed by atoms with Crippen molar-refractivity contribution in [2.75, 3.05) is 6.54 Å². The van der Waals surface area contributed by atoms with E-state index in [9.17, 15) is 9.59 Å². The minimum absolute atomic E-state index is 0.0892. The van der Waals surface area contributed by atoms with Gasteiger partial charge >= 0.3 is 6.09 Å². The summed E-state index contributed by atoms with van der Waals surface area (Å²) < 4.78 is 5.47. The highest BCUT2D eigenvalue weighted by Crippen LogP contribution is 2.29. The number of ether oxygens (including phenoxy) is 1. The second kappa shape index (κ2) is 9.96. The number of carbonyl (C=O) groups is 2. The van der Waals surface area contributed by atoms with Crippen LogP contribution in [0.15, 0.2) is 41.4 Å². The molecule has 2 aliphatic heterocycles. The molecule has 1 N–H and O–H groups in total. The van der Waals surface area contributed by atoms with Gasteiger partial charge in [0.1, 0.15) is 11.3 Å². The Balaban J connectivity index is 1.35. The zero-order chi connectivity index (χ0) is 24.5. The summed E-state index contributed by atoms with van der Waals surface area (Å²) in [5.74, 6) is -0.275. The van der Waals surface area contributed by atoms with Crippen molar-refractivity contribution in [3.05, 3.63) is 63.9 Å². The summed E-state index contributed by atoms with van der Waals surface area (Å²) in [4.78, 5) is 36.1. The molecule has 180 valence electrons. The molecule has 1 aromatic heterocycles. The number of halogens is 1. The lowest BCUT2D eigenvalue weighted by Crippen LogP contribution is -2.40. The van der Waals surface area contributed by atoms with Crippen LogP contribution in [0.5, 0.6) is 0 Å². The number of aromatic nitrogens is 1. The van der Waals surface area contributed by atoms with Crippen LogP contribution in [0.1, 0.15) is 55.0 Å². The Morgan fingerprint density at radius 1 is 1.21 bits per heavy atom. The van der Waals surface area contributed by atoms with Gasteiger partial charge in [0.05, 0.1) is 12.6 Å². The highest BCUT2D eigenvalue weighted by Gasteiger charge is 2.30. The largest absolute Gasteiger partial charge is 0.444 e. The van der Waals surface area contributed by atoms with Crippen LogP contribution >= 0.6 is 23.4 Å². The van der Waals surface area contributed by atoms with Crippen molar-refractivity contribution in [2.24, 2.45) is 4.99 Å². The molecule has 1 aromatic carbocycles. The summed E-state index contributed by atoms with van der Waals surface area (Å²) in [7, 11) is 0. The number of carbonyl (C=O) groups excluding carboxylic acids is 2. The van der Waals surface area contributed by atoms with Gasteiger partial charge in [-0.25, -0.2) is 9.78 Å². The fourth-order valence-corrected chi connectivity index (χ4v) is 5.18. The fraction of sp³-hybridized carbons (Fsp3) is 0.440. The summed E-state index contributed by atoms with van der Waals surface area (Å²) in [5, 5.41) is 4.49. The van der Waals surface area contributed by atoms with Crippen molar-refractivity contribution in [1.82, 2.24) is 15.2 Å². The Kier molecular flexibility index (Phi) is 7.19. The third-order valence-corrected chi connectivity index (χ3v) is 7.17. The third kappa shape index (κ3) is 6.10. The zero-order valence-electron chi connectivity index (χ0n) is 19.8. The predicted octanol–water partition coefficient (Wildman–Crippen LogP) is 4.86. The molecule has 2 amide bonds. The Morgan fingerprint density at radius 3 is 2.65 bits per heavy atom. The standard InChI is InChI=1S/C25H29ClN4O3S/c1-15-21(13-16-5-8-18(26)9-6-16)34-23(27-15)29-22(31)20-10-7-17-14-30(12-11-19(17)28-20)24(32)33-25(2,3)4/h5-10,15,21H,11-14H2,1-4H3,(H,27,29,31). The van der Waals surface area contributed by atoms with Crippen molar-refractivity contribution >= 4 is 40.5 Å². The first-order chi connectivity index (χ1) is 16.1. The topological polar surface area (TPSA) is 83.9 Å². The highest BCUT2D eigenvalue weighted by atomic mass is 35.5. The highest BCUT2D eigenvalue weighted by molar-refractivity contribution is 8.14. The van der Waals surface area contributed by atoms with Crippen LogP contribution in [0, 0.1) is 0 Å². The number of amides is 2. The van der Waals surface area contributed by atoms with Crippen LogP contribution in [0.4, 0.5) is 4.79 Å². The van der Waals surface area contributed by atoms with E-state index in [4.69, 9.17) is 16.3 Å². The first-order valence-corrected chi connectivity index (χ1v) is 12.6. The number of aliphatic imine (C=N–C) groups is 1. The van der Waals surface area contributed by atoms with E-state index in [2.05, 4.69) is 22.2 Å². The first-order valence-electron chi connectivity index (χ1n) is 11.3. The van der Waals surface area contributed by atoms with E-state index in [0.717, 1.165) is 22.7 Å². The minimum Gasteiger partial charge on any atom is -0.444 e. The molecular weight excluding hydrogens is 472 g/mol. The molecule has 9 heteroatoms. The van der Waals surface area contributed by atoms with Crippen molar-refractivity contribution in [1.29, 1.82) is 0 Å². The van der Waals surface area contributed by atoms with Crippen molar-refractivity contribution < 1.29 is 14.3 Å². The Hall–Kier alpha value is -2.58. The maximum absolute atomic E-state index is 12.9. The van der Waals surface area contributed by atoms with E-state index in [0.29, 0.717) is 30.4 Å². The third-order valence-electron chi connectivity index (χ3n) is 5.63. The molecule has 7 nitrogen and oxygen atoms in total. The molecule has 2 aliphatic rings. The summed E-state index contributed by atoms with van der Waals surface area (Å²) in [6.45, 7) is 8.53. The molecule has 0 saturated carbocycles. The summed E-state index contributed by atoms with van der Waals surface area (Å²) >= 11 is 7.56. The molecule has 2 aromatic rings. The van der Waals surface area contributed by atoms with E-state index >= 15 is 0 Å². The Morgan fingerprint density at radius 2 is 1.94 bits per heavy atom. The Bertz CT molecular complexity index is 1110. The zero-order valence-corrected chi connectivity index (χ0v) is 21.4. The van der Waals surface area contributed by atoms with E-state index in [-0.39, 0.29) is 23.3 Å². The molecule has 2 atom stereocenters. The van der Waals surface area contributed by atoms with Gasteiger partial charge in [0, 0.05) is 28.9 Å². The SMILES string of the molecule is CC1N=C(NC(=O)c2ccc3c(n2)CCN(C(=O)OC(C)(C)C)C3)SC1Cc1ccc(Cl)cc1. The number of thioether (sulfide) groups is 1. The van der Waals surface area contributed by atoms with E-state index in [1.54, 1.807) is 22.7 Å². The second-order valence-corrected chi connectivity index (χ2v) is 11.2. The number of fused-ring (bicyclic) bond motifs is 1. The van der Waals surface area contributed by atoms with Gasteiger partial charge in [-0.05, 0) is 63.4 Å². The molecule has 0 spiro atoms. The maximum Gasteiger partial charge on any atom is 0.410 e. The van der Waals surface area contributed by atoms with Crippen molar-refractivity contribution in [3.63, 3.8) is 0 Å². The van der Waals surface area contributed by atoms with Gasteiger partial charge in [0.25, 0.3) is 5.91 Å². The predicted molar refractivity (Wildman–Crippen MR) is 135 cm³/mol. The van der Waals surface area contributed by atoms with E-state index < -0.39 is 5.60 Å². The lowest BCUT2D eigenvalue weighted by molar-refractivity contribution is 0.0222. The van der Waals surface area contributed by atoms with E-state index in [1.165, 1.54) is 5.56 Å². The fourth-order valence-electron chi connectivity index (χ4n) is 3.85. The molecule has 2 unspecified atom stereocenters. The van der Waals surface area contributed by atoms with Gasteiger partial charge in [-0.2, -0.15) is 0 Å². The number of pyridine rings is 1. The molecule has 0 radical (unpaired) electrons. The van der Waals surface area contributed by atoms with Gasteiger partial charge in [-0.1, -0.05) is 41.6 Å². The number of amidine groups is 1.